The lowest BCUT2D eigenvalue weighted by molar-refractivity contribution is -0.195. The van der Waals surface area contributed by atoms with Crippen LogP contribution < -0.4 is 5.32 Å². The van der Waals surface area contributed by atoms with E-state index in [9.17, 15) is 0 Å². The van der Waals surface area contributed by atoms with E-state index in [1.165, 1.54) is 51.6 Å². The zero-order valence-electron chi connectivity index (χ0n) is 13.1. The van der Waals surface area contributed by atoms with E-state index in [0.717, 1.165) is 24.6 Å². The van der Waals surface area contributed by atoms with E-state index in [2.05, 4.69) is 24.1 Å². The van der Waals surface area contributed by atoms with Crippen molar-refractivity contribution in [1.29, 1.82) is 0 Å². The fourth-order valence-electron chi connectivity index (χ4n) is 5.53. The van der Waals surface area contributed by atoms with E-state index < -0.39 is 0 Å². The van der Waals surface area contributed by atoms with Crippen LogP contribution in [0.15, 0.2) is 0 Å². The highest BCUT2D eigenvalue weighted by atomic mass is 16.5. The van der Waals surface area contributed by atoms with Crippen molar-refractivity contribution in [2.75, 3.05) is 19.7 Å². The zero-order chi connectivity index (χ0) is 13.7. The van der Waals surface area contributed by atoms with E-state index in [1.54, 1.807) is 0 Å². The third-order valence-electron chi connectivity index (χ3n) is 6.58. The number of hydrogen-bond acceptors (Lipinski definition) is 3. The molecule has 3 saturated heterocycles. The van der Waals surface area contributed by atoms with Crippen LogP contribution in [0.4, 0.5) is 0 Å². The SMILES string of the molecule is CC1(C)C(NC2CCN3CCCCC23)C2CCCOC21. The second-order valence-electron chi connectivity index (χ2n) is 8.06. The van der Waals surface area contributed by atoms with Crippen LogP contribution in [-0.2, 0) is 4.74 Å². The Morgan fingerprint density at radius 2 is 1.95 bits per heavy atom. The van der Waals surface area contributed by atoms with Crippen LogP contribution in [-0.4, -0.2) is 48.8 Å². The van der Waals surface area contributed by atoms with Crippen LogP contribution in [0.1, 0.15) is 52.4 Å². The van der Waals surface area contributed by atoms with Crippen LogP contribution in [0.5, 0.6) is 0 Å². The summed E-state index contributed by atoms with van der Waals surface area (Å²) in [6.45, 7) is 8.46. The molecule has 1 saturated carbocycles. The summed E-state index contributed by atoms with van der Waals surface area (Å²) in [5, 5.41) is 4.08. The van der Waals surface area contributed by atoms with Gasteiger partial charge in [0.25, 0.3) is 0 Å². The average molecular weight is 278 g/mol. The van der Waals surface area contributed by atoms with Gasteiger partial charge in [-0.1, -0.05) is 20.3 Å². The third kappa shape index (κ3) is 1.97. The van der Waals surface area contributed by atoms with Gasteiger partial charge in [0, 0.05) is 42.6 Å². The maximum Gasteiger partial charge on any atom is 0.0684 e. The van der Waals surface area contributed by atoms with Gasteiger partial charge in [-0.15, -0.1) is 0 Å². The maximum absolute atomic E-state index is 6.04. The summed E-state index contributed by atoms with van der Waals surface area (Å²) in [6.07, 6.45) is 8.75. The van der Waals surface area contributed by atoms with Gasteiger partial charge < -0.3 is 10.1 Å². The summed E-state index contributed by atoms with van der Waals surface area (Å²) in [5.41, 5.74) is 0.327. The Morgan fingerprint density at radius 1 is 1.05 bits per heavy atom. The summed E-state index contributed by atoms with van der Waals surface area (Å²) >= 11 is 0. The van der Waals surface area contributed by atoms with E-state index >= 15 is 0 Å². The lowest BCUT2D eigenvalue weighted by atomic mass is 9.55. The van der Waals surface area contributed by atoms with Gasteiger partial charge in [-0.2, -0.15) is 0 Å². The van der Waals surface area contributed by atoms with Crippen molar-refractivity contribution in [3.63, 3.8) is 0 Å². The Labute approximate surface area is 123 Å². The molecule has 3 heteroatoms. The van der Waals surface area contributed by atoms with E-state index in [0.29, 0.717) is 17.6 Å². The summed E-state index contributed by atoms with van der Waals surface area (Å²) in [7, 11) is 0. The fourth-order valence-corrected chi connectivity index (χ4v) is 5.53. The minimum absolute atomic E-state index is 0.327. The predicted molar refractivity (Wildman–Crippen MR) is 80.8 cm³/mol. The number of fused-ring (bicyclic) bond motifs is 2. The minimum atomic E-state index is 0.327. The molecule has 20 heavy (non-hydrogen) atoms. The summed E-state index contributed by atoms with van der Waals surface area (Å²) in [4.78, 5) is 2.74. The summed E-state index contributed by atoms with van der Waals surface area (Å²) in [5.74, 6) is 0.774. The molecule has 4 aliphatic rings. The lowest BCUT2D eigenvalue weighted by Gasteiger charge is -2.61. The first-order valence-corrected chi connectivity index (χ1v) is 8.79. The zero-order valence-corrected chi connectivity index (χ0v) is 13.1. The van der Waals surface area contributed by atoms with Crippen molar-refractivity contribution in [1.82, 2.24) is 10.2 Å². The topological polar surface area (TPSA) is 24.5 Å². The monoisotopic (exact) mass is 278 g/mol. The van der Waals surface area contributed by atoms with Crippen LogP contribution in [0.25, 0.3) is 0 Å². The van der Waals surface area contributed by atoms with Crippen molar-refractivity contribution >= 4 is 0 Å². The van der Waals surface area contributed by atoms with Crippen molar-refractivity contribution in [3.8, 4) is 0 Å². The molecular weight excluding hydrogens is 248 g/mol. The summed E-state index contributed by atoms with van der Waals surface area (Å²) in [6, 6.07) is 2.24. The quantitative estimate of drug-likeness (QED) is 0.839. The van der Waals surface area contributed by atoms with Crippen LogP contribution in [0.2, 0.25) is 0 Å². The molecule has 0 spiro atoms. The van der Waals surface area contributed by atoms with Crippen molar-refractivity contribution in [3.05, 3.63) is 0 Å². The number of hydrogen-bond donors (Lipinski definition) is 1. The molecule has 1 aliphatic carbocycles. The molecule has 0 aromatic carbocycles. The lowest BCUT2D eigenvalue weighted by Crippen LogP contribution is -2.71. The number of rotatable bonds is 2. The Hall–Kier alpha value is -0.120. The first-order chi connectivity index (χ1) is 9.68. The third-order valence-corrected chi connectivity index (χ3v) is 6.58. The Kier molecular flexibility index (Phi) is 3.36. The maximum atomic E-state index is 6.04. The first-order valence-electron chi connectivity index (χ1n) is 8.79. The number of nitrogens with zero attached hydrogens (tertiary/aromatic N) is 1. The van der Waals surface area contributed by atoms with Gasteiger partial charge in [-0.3, -0.25) is 4.90 Å². The highest BCUT2D eigenvalue weighted by Crippen LogP contribution is 2.51. The Balaban J connectivity index is 1.43. The van der Waals surface area contributed by atoms with Gasteiger partial charge in [-0.25, -0.2) is 0 Å². The Morgan fingerprint density at radius 3 is 2.85 bits per heavy atom. The van der Waals surface area contributed by atoms with Gasteiger partial charge in [-0.05, 0) is 38.6 Å². The molecule has 5 unspecified atom stereocenters. The van der Waals surface area contributed by atoms with E-state index in [4.69, 9.17) is 4.74 Å². The molecule has 3 nitrogen and oxygen atoms in total. The van der Waals surface area contributed by atoms with Crippen LogP contribution >= 0.6 is 0 Å². The fraction of sp³-hybridized carbons (Fsp3) is 1.00. The predicted octanol–water partition coefficient (Wildman–Crippen LogP) is 2.41. The van der Waals surface area contributed by atoms with Gasteiger partial charge in [0.1, 0.15) is 0 Å². The molecule has 3 aliphatic heterocycles. The van der Waals surface area contributed by atoms with Crippen molar-refractivity contribution in [2.24, 2.45) is 11.3 Å². The van der Waals surface area contributed by atoms with Gasteiger partial charge in [0.05, 0.1) is 6.10 Å². The standard InChI is InChI=1S/C17H30N2O/c1-17(2)15(12-6-5-11-20-16(12)17)18-13-8-10-19-9-4-3-7-14(13)19/h12-16,18H,3-11H2,1-2H3. The van der Waals surface area contributed by atoms with E-state index in [-0.39, 0.29) is 0 Å². The van der Waals surface area contributed by atoms with Crippen molar-refractivity contribution in [2.45, 2.75) is 76.6 Å². The van der Waals surface area contributed by atoms with Gasteiger partial charge in [0.2, 0.25) is 0 Å². The number of piperidine rings is 1. The molecule has 4 fully saturated rings. The largest absolute Gasteiger partial charge is 0.377 e. The van der Waals surface area contributed by atoms with Crippen LogP contribution in [0, 0.1) is 11.3 Å². The molecule has 1 N–H and O–H groups in total. The highest BCUT2D eigenvalue weighted by molar-refractivity contribution is 5.12. The number of nitrogens with one attached hydrogen (secondary N) is 1. The molecule has 0 bridgehead atoms. The molecule has 0 aromatic rings. The molecule has 0 amide bonds. The molecule has 0 radical (unpaired) electrons. The van der Waals surface area contributed by atoms with Crippen molar-refractivity contribution < 1.29 is 4.74 Å². The first kappa shape index (κ1) is 13.5. The molecule has 114 valence electrons. The molecular formula is C17H30N2O. The van der Waals surface area contributed by atoms with Crippen LogP contribution in [0.3, 0.4) is 0 Å². The normalized spacial score (nSPS) is 47.4. The molecule has 5 atom stereocenters. The van der Waals surface area contributed by atoms with Gasteiger partial charge in [0.15, 0.2) is 0 Å². The van der Waals surface area contributed by atoms with Gasteiger partial charge >= 0.3 is 0 Å². The molecule has 0 aromatic heterocycles. The van der Waals surface area contributed by atoms with E-state index in [1.807, 2.05) is 0 Å². The Bertz CT molecular complexity index is 370. The second kappa shape index (κ2) is 4.96. The molecule has 3 heterocycles. The number of ether oxygens (including phenoxy) is 1. The minimum Gasteiger partial charge on any atom is -0.377 e. The summed E-state index contributed by atoms with van der Waals surface area (Å²) < 4.78 is 6.04. The second-order valence-corrected chi connectivity index (χ2v) is 8.06. The highest BCUT2D eigenvalue weighted by Gasteiger charge is 2.58. The molecule has 4 rings (SSSR count). The smallest absolute Gasteiger partial charge is 0.0684 e. The average Bonchev–Trinajstić information content (AvgIpc) is 2.88.